The largest absolute Gasteiger partial charge is 0.481 e. The molecular formula is C40H38N14O15S3. The van der Waals surface area contributed by atoms with Crippen LogP contribution < -0.4 is 42.2 Å². The molecule has 2 heterocycles. The van der Waals surface area contributed by atoms with Gasteiger partial charge < -0.3 is 52.3 Å². The highest BCUT2D eigenvalue weighted by molar-refractivity contribution is 7.89. The van der Waals surface area contributed by atoms with E-state index in [4.69, 9.17) is 10.3 Å². The fourth-order valence-corrected chi connectivity index (χ4v) is 7.72. The van der Waals surface area contributed by atoms with Crippen molar-refractivity contribution in [1.82, 2.24) is 29.9 Å². The van der Waals surface area contributed by atoms with E-state index in [1.165, 1.54) is 72.8 Å². The summed E-state index contributed by atoms with van der Waals surface area (Å²) in [4.78, 5) is 70.2. The monoisotopic (exact) mass is 1050 g/mol. The Kier molecular flexibility index (Phi) is 15.9. The van der Waals surface area contributed by atoms with E-state index in [-0.39, 0.29) is 62.2 Å². The Bertz CT molecular complexity index is 3430. The molecule has 376 valence electrons. The molecule has 0 saturated heterocycles. The van der Waals surface area contributed by atoms with Gasteiger partial charge in [0.25, 0.3) is 10.1 Å². The maximum atomic E-state index is 12.7. The Morgan fingerprint density at radius 1 is 0.486 bits per heavy atom. The van der Waals surface area contributed by atoms with Gasteiger partial charge in [-0.1, -0.05) is 30.4 Å². The van der Waals surface area contributed by atoms with E-state index in [1.54, 1.807) is 24.3 Å². The number of hydrogen-bond acceptors (Lipinski definition) is 22. The van der Waals surface area contributed by atoms with E-state index in [0.29, 0.717) is 11.3 Å². The molecule has 4 aromatic carbocycles. The second kappa shape index (κ2) is 21.8. The third kappa shape index (κ3) is 15.0. The predicted molar refractivity (Wildman–Crippen MR) is 255 cm³/mol. The highest BCUT2D eigenvalue weighted by Crippen LogP contribution is 2.27. The first-order valence-electron chi connectivity index (χ1n) is 20.0. The maximum Gasteiger partial charge on any atom is 0.326 e. The Morgan fingerprint density at radius 2 is 0.819 bits per heavy atom. The second-order valence-electron chi connectivity index (χ2n) is 14.7. The topological polar surface area (TPSA) is 473 Å². The lowest BCUT2D eigenvalue weighted by atomic mass is 10.1. The summed E-state index contributed by atoms with van der Waals surface area (Å²) in [5, 5.41) is 64.0. The van der Waals surface area contributed by atoms with Gasteiger partial charge in [-0.2, -0.15) is 38.3 Å². The van der Waals surface area contributed by atoms with Crippen molar-refractivity contribution in [3.8, 4) is 0 Å². The number of nitrogens with two attached hydrogens (primary N) is 2. The lowest BCUT2D eigenvalue weighted by Gasteiger charge is -2.15. The summed E-state index contributed by atoms with van der Waals surface area (Å²) in [6, 6.07) is 16.7. The van der Waals surface area contributed by atoms with Crippen LogP contribution >= 0.6 is 0 Å². The molecule has 6 rings (SSSR count). The molecule has 0 bridgehead atoms. The van der Waals surface area contributed by atoms with E-state index in [1.807, 2.05) is 0 Å². The molecule has 0 spiro atoms. The second-order valence-corrected chi connectivity index (χ2v) is 19.2. The number of rotatable bonds is 23. The van der Waals surface area contributed by atoms with Crippen molar-refractivity contribution in [2.75, 3.05) is 31.9 Å². The van der Waals surface area contributed by atoms with Gasteiger partial charge >= 0.3 is 23.9 Å². The molecule has 72 heavy (non-hydrogen) atoms. The molecule has 15 N–H and O–H groups in total. The Hall–Kier alpha value is -8.95. The van der Waals surface area contributed by atoms with Crippen LogP contribution in [0.15, 0.2) is 106 Å². The van der Waals surface area contributed by atoms with E-state index in [2.05, 4.69) is 61.8 Å². The number of aromatic nitrogens is 6. The number of carbonyl (C=O) groups is 4. The van der Waals surface area contributed by atoms with Gasteiger partial charge in [-0.25, -0.2) is 36.7 Å². The number of nitrogens with one attached hydrogen (secondary N) is 6. The average Bonchev–Trinajstić information content (AvgIpc) is 3.27. The molecule has 0 aliphatic carbocycles. The van der Waals surface area contributed by atoms with Gasteiger partial charge in [0, 0.05) is 22.7 Å². The van der Waals surface area contributed by atoms with Gasteiger partial charge in [0.2, 0.25) is 55.7 Å². The molecule has 0 fully saturated rings. The molecule has 2 aromatic heterocycles. The summed E-state index contributed by atoms with van der Waals surface area (Å²) >= 11 is 0. The molecule has 0 aliphatic heterocycles. The smallest absolute Gasteiger partial charge is 0.326 e. The van der Waals surface area contributed by atoms with Crippen LogP contribution in [0.2, 0.25) is 0 Å². The molecule has 0 amide bonds. The number of primary sulfonamides is 2. The van der Waals surface area contributed by atoms with E-state index in [9.17, 15) is 69.4 Å². The molecule has 2 atom stereocenters. The zero-order valence-electron chi connectivity index (χ0n) is 36.3. The lowest BCUT2D eigenvalue weighted by molar-refractivity contribution is -0.144. The molecule has 32 heteroatoms. The predicted octanol–water partition coefficient (Wildman–Crippen LogP) is 2.42. The van der Waals surface area contributed by atoms with Gasteiger partial charge in [0.15, 0.2) is 0 Å². The van der Waals surface area contributed by atoms with E-state index < -0.39 is 89.8 Å². The number of hydrogen-bond donors (Lipinski definition) is 13. The first kappa shape index (κ1) is 52.4. The SMILES string of the molecule is NS(=O)(=O)c1ccc(Nc2nc(Nc3ccc(C=Cc4ccc(Nc5nc(Nc6ccc(S(N)(=O)=O)cc6)nc(NC(CC(=O)O)C(=O)O)n5)cc4S(=O)(=O)O)cc3)nc(NC(CC(=O)O)C(=O)O)n2)cc1. The summed E-state index contributed by atoms with van der Waals surface area (Å²) < 4.78 is 82.4. The third-order valence-corrected chi connectivity index (χ3v) is 12.0. The van der Waals surface area contributed by atoms with Gasteiger partial charge in [0.1, 0.15) is 17.0 Å². The third-order valence-electron chi connectivity index (χ3n) is 9.28. The Labute approximate surface area is 406 Å². The summed E-state index contributed by atoms with van der Waals surface area (Å²) in [5.41, 5.74) is 1.33. The van der Waals surface area contributed by atoms with Crippen molar-refractivity contribution < 1.29 is 69.4 Å². The van der Waals surface area contributed by atoms with Crippen molar-refractivity contribution >= 4 is 125 Å². The number of aliphatic carboxylic acids is 4. The quantitative estimate of drug-likeness (QED) is 0.0324. The van der Waals surface area contributed by atoms with Gasteiger partial charge in [-0.15, -0.1) is 0 Å². The lowest BCUT2D eigenvalue weighted by Crippen LogP contribution is -2.32. The van der Waals surface area contributed by atoms with Crippen LogP contribution in [0.25, 0.3) is 12.2 Å². The van der Waals surface area contributed by atoms with Crippen molar-refractivity contribution in [3.05, 3.63) is 102 Å². The van der Waals surface area contributed by atoms with E-state index in [0.717, 1.165) is 6.07 Å². The highest BCUT2D eigenvalue weighted by Gasteiger charge is 2.25. The summed E-state index contributed by atoms with van der Waals surface area (Å²) in [7, 11) is -13.0. The highest BCUT2D eigenvalue weighted by atomic mass is 32.2. The minimum absolute atomic E-state index is 0.00128. The average molecular weight is 1050 g/mol. The van der Waals surface area contributed by atoms with Gasteiger partial charge in [-0.3, -0.25) is 14.1 Å². The molecular weight excluding hydrogens is 1010 g/mol. The number of carboxylic acid groups (broad SMARTS) is 4. The zero-order valence-corrected chi connectivity index (χ0v) is 38.7. The van der Waals surface area contributed by atoms with Crippen molar-refractivity contribution in [2.45, 2.75) is 39.6 Å². The van der Waals surface area contributed by atoms with E-state index >= 15 is 0 Å². The Balaban J connectivity index is 1.24. The standard InChI is InChI=1S/C40H38N14O15S3/c41-70(63,64)26-13-9-23(10-14-26)44-36-49-35(51-39(52-36)47-28(33(59)60)18-31(55)56)43-22-6-2-20(3-7-22)1-4-21-5-8-25(17-30(21)72(67,68)69)46-38-50-37(45-24-11-15-27(16-12-24)71(42,65)66)53-40(54-38)48-29(34(61)62)19-32(57)58/h1-17,28-29H,18-19H2,(H,55,56)(H,57,58)(H,59,60)(H,61,62)(H2,41,63,64)(H2,42,65,66)(H,67,68,69)(H3,43,44,47,49,51,52)(H3,45,46,48,50,53,54). The van der Waals surface area contributed by atoms with Crippen LogP contribution in [0.1, 0.15) is 24.0 Å². The van der Waals surface area contributed by atoms with Gasteiger partial charge in [-0.05, 0) is 83.9 Å². The van der Waals surface area contributed by atoms with Crippen LogP contribution in [0, 0.1) is 0 Å². The van der Waals surface area contributed by atoms with Crippen LogP contribution in [0.5, 0.6) is 0 Å². The number of anilines is 10. The number of sulfonamides is 2. The maximum absolute atomic E-state index is 12.7. The first-order valence-corrected chi connectivity index (χ1v) is 24.5. The summed E-state index contributed by atoms with van der Waals surface area (Å²) in [6.45, 7) is 0. The summed E-state index contributed by atoms with van der Waals surface area (Å²) in [6.07, 6.45) is 1.13. The normalized spacial score (nSPS) is 12.5. The zero-order chi connectivity index (χ0) is 52.5. The fourth-order valence-electron chi connectivity index (χ4n) is 5.97. The molecule has 6 aromatic rings. The van der Waals surface area contributed by atoms with Crippen molar-refractivity contribution in [2.24, 2.45) is 10.3 Å². The number of carboxylic acids is 4. The first-order chi connectivity index (χ1) is 33.8. The number of benzene rings is 4. The molecule has 0 saturated carbocycles. The molecule has 0 radical (unpaired) electrons. The minimum atomic E-state index is -4.93. The van der Waals surface area contributed by atoms with Crippen molar-refractivity contribution in [1.29, 1.82) is 0 Å². The fraction of sp³-hybridized carbons (Fsp3) is 0.100. The van der Waals surface area contributed by atoms with Crippen LogP contribution in [0.4, 0.5) is 58.4 Å². The molecule has 29 nitrogen and oxygen atoms in total. The molecule has 0 aliphatic rings. The van der Waals surface area contributed by atoms with Crippen LogP contribution in [-0.4, -0.2) is 116 Å². The Morgan fingerprint density at radius 3 is 1.15 bits per heavy atom. The van der Waals surface area contributed by atoms with Gasteiger partial charge in [0.05, 0.1) is 22.6 Å². The van der Waals surface area contributed by atoms with Crippen molar-refractivity contribution in [3.63, 3.8) is 0 Å². The molecule has 2 unspecified atom stereocenters. The minimum Gasteiger partial charge on any atom is -0.481 e. The summed E-state index contributed by atoms with van der Waals surface area (Å²) in [5.74, 6) is -7.74. The number of nitrogens with zero attached hydrogens (tertiary/aromatic N) is 6. The van der Waals surface area contributed by atoms with Crippen LogP contribution in [0.3, 0.4) is 0 Å². The van der Waals surface area contributed by atoms with Crippen LogP contribution in [-0.2, 0) is 49.3 Å².